The summed E-state index contributed by atoms with van der Waals surface area (Å²) in [6.07, 6.45) is 0.412. The molecule has 4 amide bonds. The summed E-state index contributed by atoms with van der Waals surface area (Å²) >= 11 is 1.25. The monoisotopic (exact) mass is 438 g/mol. The zero-order chi connectivity index (χ0) is 22.0. The standard InChI is InChI=1S/C21H18N4O5S/c1-12(26)22-10-15-6-7-17(30-15)16-11-31-21(23-16)24-20(29)13-2-4-14(5-3-13)25-18(27)8-9-19(25)28/h2-7,11H,8-10H2,1H3,(H,22,26)(H,23,24,29). The SMILES string of the molecule is CC(=O)NCc1ccc(-c2csc(NC(=O)c3ccc(N4C(=O)CCC4=O)cc3)n2)o1. The lowest BCUT2D eigenvalue weighted by Crippen LogP contribution is -2.28. The van der Waals surface area contributed by atoms with Gasteiger partial charge in [-0.3, -0.25) is 29.4 Å². The van der Waals surface area contributed by atoms with Crippen LogP contribution >= 0.6 is 11.3 Å². The molecule has 0 bridgehead atoms. The maximum absolute atomic E-state index is 12.5. The molecule has 2 aromatic heterocycles. The number of rotatable bonds is 6. The first-order valence-electron chi connectivity index (χ1n) is 9.47. The number of carbonyl (C=O) groups is 4. The highest BCUT2D eigenvalue weighted by Gasteiger charge is 2.30. The van der Waals surface area contributed by atoms with Gasteiger partial charge in [0.15, 0.2) is 10.9 Å². The van der Waals surface area contributed by atoms with Gasteiger partial charge in [-0.05, 0) is 36.4 Å². The van der Waals surface area contributed by atoms with Crippen molar-refractivity contribution in [3.05, 3.63) is 53.1 Å². The fraction of sp³-hybridized carbons (Fsp3) is 0.190. The fourth-order valence-electron chi connectivity index (χ4n) is 3.06. The van der Waals surface area contributed by atoms with Crippen LogP contribution in [-0.2, 0) is 20.9 Å². The number of nitrogens with one attached hydrogen (secondary N) is 2. The third-order valence-corrected chi connectivity index (χ3v) is 5.35. The summed E-state index contributed by atoms with van der Waals surface area (Å²) in [7, 11) is 0. The quantitative estimate of drug-likeness (QED) is 0.571. The number of aromatic nitrogens is 1. The number of furan rings is 1. The molecule has 3 aromatic rings. The highest BCUT2D eigenvalue weighted by Crippen LogP contribution is 2.27. The maximum atomic E-state index is 12.5. The molecule has 1 aliphatic rings. The van der Waals surface area contributed by atoms with Crippen molar-refractivity contribution in [2.24, 2.45) is 0 Å². The number of hydrogen-bond donors (Lipinski definition) is 2. The summed E-state index contributed by atoms with van der Waals surface area (Å²) in [6.45, 7) is 1.71. The number of nitrogens with zero attached hydrogens (tertiary/aromatic N) is 2. The zero-order valence-corrected chi connectivity index (χ0v) is 17.3. The molecule has 1 aliphatic heterocycles. The van der Waals surface area contributed by atoms with Crippen LogP contribution in [-0.4, -0.2) is 28.6 Å². The van der Waals surface area contributed by atoms with Crippen molar-refractivity contribution in [3.8, 4) is 11.5 Å². The minimum Gasteiger partial charge on any atom is -0.458 e. The van der Waals surface area contributed by atoms with Gasteiger partial charge in [0.25, 0.3) is 5.91 Å². The molecular weight excluding hydrogens is 420 g/mol. The molecule has 158 valence electrons. The molecular formula is C21H18N4O5S. The second-order valence-corrected chi connectivity index (χ2v) is 7.70. The number of imide groups is 1. The fourth-order valence-corrected chi connectivity index (χ4v) is 3.76. The molecule has 31 heavy (non-hydrogen) atoms. The smallest absolute Gasteiger partial charge is 0.257 e. The Morgan fingerprint density at radius 2 is 1.81 bits per heavy atom. The Morgan fingerprint density at radius 3 is 2.48 bits per heavy atom. The molecule has 3 heterocycles. The van der Waals surface area contributed by atoms with Gasteiger partial charge in [-0.25, -0.2) is 4.98 Å². The molecule has 4 rings (SSSR count). The first-order chi connectivity index (χ1) is 14.9. The van der Waals surface area contributed by atoms with E-state index in [0.717, 1.165) is 4.90 Å². The van der Waals surface area contributed by atoms with Gasteiger partial charge in [-0.1, -0.05) is 0 Å². The molecule has 1 saturated heterocycles. The lowest BCUT2D eigenvalue weighted by atomic mass is 10.2. The number of anilines is 2. The number of hydrogen-bond acceptors (Lipinski definition) is 7. The number of benzene rings is 1. The first-order valence-corrected chi connectivity index (χ1v) is 10.3. The van der Waals surface area contributed by atoms with E-state index in [1.807, 2.05) is 0 Å². The van der Waals surface area contributed by atoms with E-state index in [1.165, 1.54) is 18.3 Å². The average Bonchev–Trinajstić information content (AvgIpc) is 3.47. The zero-order valence-electron chi connectivity index (χ0n) is 16.5. The lowest BCUT2D eigenvalue weighted by molar-refractivity contribution is -0.121. The summed E-state index contributed by atoms with van der Waals surface area (Å²) < 4.78 is 5.66. The Bertz CT molecular complexity index is 1150. The number of carbonyl (C=O) groups excluding carboxylic acids is 4. The Kier molecular flexibility index (Phi) is 5.63. The highest BCUT2D eigenvalue weighted by molar-refractivity contribution is 7.14. The summed E-state index contributed by atoms with van der Waals surface area (Å²) in [5, 5.41) is 7.53. The molecule has 0 saturated carbocycles. The summed E-state index contributed by atoms with van der Waals surface area (Å²) in [5.41, 5.74) is 1.39. The topological polar surface area (TPSA) is 122 Å². The van der Waals surface area contributed by atoms with E-state index in [-0.39, 0.29) is 43.0 Å². The van der Waals surface area contributed by atoms with Gasteiger partial charge in [0, 0.05) is 30.7 Å². The summed E-state index contributed by atoms with van der Waals surface area (Å²) in [6, 6.07) is 9.75. The van der Waals surface area contributed by atoms with Crippen LogP contribution in [0.25, 0.3) is 11.5 Å². The van der Waals surface area contributed by atoms with Gasteiger partial charge < -0.3 is 9.73 Å². The molecule has 10 heteroatoms. The average molecular weight is 438 g/mol. The van der Waals surface area contributed by atoms with Crippen LogP contribution in [0.2, 0.25) is 0 Å². The molecule has 0 radical (unpaired) electrons. The minimum atomic E-state index is -0.364. The van der Waals surface area contributed by atoms with E-state index in [2.05, 4.69) is 15.6 Å². The van der Waals surface area contributed by atoms with Gasteiger partial charge in [-0.2, -0.15) is 0 Å². The third kappa shape index (κ3) is 4.53. The van der Waals surface area contributed by atoms with Crippen molar-refractivity contribution in [3.63, 3.8) is 0 Å². The van der Waals surface area contributed by atoms with Crippen LogP contribution in [0, 0.1) is 0 Å². The lowest BCUT2D eigenvalue weighted by Gasteiger charge is -2.13. The second-order valence-electron chi connectivity index (χ2n) is 6.84. The second kappa shape index (κ2) is 8.52. The normalized spacial score (nSPS) is 13.5. The van der Waals surface area contributed by atoms with Gasteiger partial charge >= 0.3 is 0 Å². The van der Waals surface area contributed by atoms with Crippen LogP contribution in [0.4, 0.5) is 10.8 Å². The van der Waals surface area contributed by atoms with Crippen molar-refractivity contribution in [2.45, 2.75) is 26.3 Å². The van der Waals surface area contributed by atoms with Crippen LogP contribution in [0.5, 0.6) is 0 Å². The predicted octanol–water partition coefficient (Wildman–Crippen LogP) is 2.94. The van der Waals surface area contributed by atoms with Crippen molar-refractivity contribution >= 4 is 45.8 Å². The molecule has 0 aliphatic carbocycles. The van der Waals surface area contributed by atoms with Crippen molar-refractivity contribution in [1.82, 2.24) is 10.3 Å². The Hall–Kier alpha value is -3.79. The van der Waals surface area contributed by atoms with Crippen LogP contribution in [0.3, 0.4) is 0 Å². The third-order valence-electron chi connectivity index (χ3n) is 4.59. The van der Waals surface area contributed by atoms with Crippen LogP contribution in [0.1, 0.15) is 35.9 Å². The first kappa shape index (κ1) is 20.5. The van der Waals surface area contributed by atoms with Gasteiger partial charge in [0.05, 0.1) is 12.2 Å². The molecule has 0 atom stereocenters. The molecule has 0 unspecified atom stereocenters. The van der Waals surface area contributed by atoms with Crippen molar-refractivity contribution in [1.29, 1.82) is 0 Å². The highest BCUT2D eigenvalue weighted by atomic mass is 32.1. The summed E-state index contributed by atoms with van der Waals surface area (Å²) in [5.74, 6) is 0.132. The Morgan fingerprint density at radius 1 is 1.10 bits per heavy atom. The van der Waals surface area contributed by atoms with Gasteiger partial charge in [0.1, 0.15) is 11.5 Å². The maximum Gasteiger partial charge on any atom is 0.257 e. The van der Waals surface area contributed by atoms with E-state index in [4.69, 9.17) is 4.42 Å². The van der Waals surface area contributed by atoms with Gasteiger partial charge in [-0.15, -0.1) is 11.3 Å². The van der Waals surface area contributed by atoms with Crippen LogP contribution in [0.15, 0.2) is 46.2 Å². The van der Waals surface area contributed by atoms with Crippen molar-refractivity contribution < 1.29 is 23.6 Å². The predicted molar refractivity (Wildman–Crippen MR) is 113 cm³/mol. The van der Waals surface area contributed by atoms with Gasteiger partial charge in [0.2, 0.25) is 17.7 Å². The van der Waals surface area contributed by atoms with E-state index in [0.29, 0.717) is 33.6 Å². The summed E-state index contributed by atoms with van der Waals surface area (Å²) in [4.78, 5) is 52.7. The van der Waals surface area contributed by atoms with E-state index >= 15 is 0 Å². The molecule has 0 spiro atoms. The largest absolute Gasteiger partial charge is 0.458 e. The number of thiazole rings is 1. The molecule has 9 nitrogen and oxygen atoms in total. The number of amides is 4. The Labute approximate surface area is 181 Å². The van der Waals surface area contributed by atoms with E-state index in [1.54, 1.807) is 41.8 Å². The van der Waals surface area contributed by atoms with E-state index < -0.39 is 0 Å². The molecule has 2 N–H and O–H groups in total. The van der Waals surface area contributed by atoms with Crippen molar-refractivity contribution in [2.75, 3.05) is 10.2 Å². The van der Waals surface area contributed by atoms with E-state index in [9.17, 15) is 19.2 Å². The molecule has 1 aromatic carbocycles. The van der Waals surface area contributed by atoms with Crippen LogP contribution < -0.4 is 15.5 Å². The minimum absolute atomic E-state index is 0.150. The molecule has 1 fully saturated rings. The Balaban J connectivity index is 1.40.